The number of phenols is 1. The van der Waals surface area contributed by atoms with Crippen molar-refractivity contribution < 1.29 is 14.6 Å². The second kappa shape index (κ2) is 5.34. The lowest BCUT2D eigenvalue weighted by Gasteiger charge is -2.12. The summed E-state index contributed by atoms with van der Waals surface area (Å²) in [5.41, 5.74) is 0.219. The Morgan fingerprint density at radius 3 is 2.83 bits per heavy atom. The first-order valence-corrected chi connectivity index (χ1v) is 6.33. The van der Waals surface area contributed by atoms with E-state index in [0.29, 0.717) is 18.1 Å². The van der Waals surface area contributed by atoms with Crippen molar-refractivity contribution in [3.8, 4) is 5.75 Å². The van der Waals surface area contributed by atoms with E-state index >= 15 is 0 Å². The van der Waals surface area contributed by atoms with Crippen LogP contribution < -0.4 is 5.32 Å². The van der Waals surface area contributed by atoms with Crippen LogP contribution in [0.5, 0.6) is 5.75 Å². The van der Waals surface area contributed by atoms with E-state index in [1.165, 1.54) is 12.1 Å². The molecule has 2 rings (SSSR count). The summed E-state index contributed by atoms with van der Waals surface area (Å²) in [7, 11) is 0. The molecule has 2 unspecified atom stereocenters. The summed E-state index contributed by atoms with van der Waals surface area (Å²) in [4.78, 5) is 11.9. The Hall–Kier alpha value is -0.970. The third-order valence-electron chi connectivity index (χ3n) is 2.86. The third kappa shape index (κ3) is 2.88. The number of benzene rings is 1. The van der Waals surface area contributed by atoms with Gasteiger partial charge in [0.1, 0.15) is 0 Å². The molecule has 0 radical (unpaired) electrons. The van der Waals surface area contributed by atoms with Gasteiger partial charge in [0, 0.05) is 5.02 Å². The van der Waals surface area contributed by atoms with Crippen molar-refractivity contribution in [2.45, 2.75) is 19.4 Å². The summed E-state index contributed by atoms with van der Waals surface area (Å²) in [6.45, 7) is 2.31. The number of carbonyl (C=O) groups excluding carboxylic acids is 1. The van der Waals surface area contributed by atoms with Crippen molar-refractivity contribution in [2.75, 3.05) is 11.9 Å². The molecule has 0 aromatic heterocycles. The summed E-state index contributed by atoms with van der Waals surface area (Å²) in [5, 5.41) is 12.8. The topological polar surface area (TPSA) is 58.6 Å². The van der Waals surface area contributed by atoms with Crippen LogP contribution in [0, 0.1) is 5.92 Å². The average molecular weight is 290 g/mol. The van der Waals surface area contributed by atoms with E-state index in [1.807, 2.05) is 6.92 Å². The number of hydrogen-bond donors (Lipinski definition) is 2. The lowest BCUT2D eigenvalue weighted by molar-refractivity contribution is -0.119. The Morgan fingerprint density at radius 2 is 2.22 bits per heavy atom. The predicted molar refractivity (Wildman–Crippen MR) is 70.3 cm³/mol. The highest BCUT2D eigenvalue weighted by Crippen LogP contribution is 2.35. The van der Waals surface area contributed by atoms with Gasteiger partial charge in [0.25, 0.3) is 0 Å². The monoisotopic (exact) mass is 289 g/mol. The SMILES string of the molecule is CC1CC(C(=O)Nc2cc(Cl)cc(Cl)c2O)CO1. The smallest absolute Gasteiger partial charge is 0.230 e. The largest absolute Gasteiger partial charge is 0.504 e. The van der Waals surface area contributed by atoms with Gasteiger partial charge in [-0.15, -0.1) is 0 Å². The first-order valence-electron chi connectivity index (χ1n) is 5.58. The van der Waals surface area contributed by atoms with Crippen LogP contribution >= 0.6 is 23.2 Å². The summed E-state index contributed by atoms with van der Waals surface area (Å²) >= 11 is 11.6. The molecule has 1 saturated heterocycles. The third-order valence-corrected chi connectivity index (χ3v) is 3.36. The molecule has 0 spiro atoms. The Bertz CT molecular complexity index is 479. The van der Waals surface area contributed by atoms with Gasteiger partial charge in [0.15, 0.2) is 5.75 Å². The van der Waals surface area contributed by atoms with Crippen LogP contribution in [0.2, 0.25) is 10.0 Å². The van der Waals surface area contributed by atoms with Crippen molar-refractivity contribution in [1.82, 2.24) is 0 Å². The number of anilines is 1. The summed E-state index contributed by atoms with van der Waals surface area (Å²) in [5.74, 6) is -0.591. The zero-order valence-corrected chi connectivity index (χ0v) is 11.3. The van der Waals surface area contributed by atoms with Crippen molar-refractivity contribution in [2.24, 2.45) is 5.92 Å². The zero-order chi connectivity index (χ0) is 13.3. The highest BCUT2D eigenvalue weighted by atomic mass is 35.5. The molecule has 2 atom stereocenters. The van der Waals surface area contributed by atoms with Gasteiger partial charge in [0.2, 0.25) is 5.91 Å². The van der Waals surface area contributed by atoms with Crippen molar-refractivity contribution in [1.29, 1.82) is 0 Å². The number of halogens is 2. The second-order valence-corrected chi connectivity index (χ2v) is 5.19. The quantitative estimate of drug-likeness (QED) is 0.823. The van der Waals surface area contributed by atoms with Crippen LogP contribution in [-0.4, -0.2) is 23.7 Å². The molecule has 18 heavy (non-hydrogen) atoms. The Labute approximate surface area is 115 Å². The molecule has 0 saturated carbocycles. The number of rotatable bonds is 2. The van der Waals surface area contributed by atoms with Crippen LogP contribution in [-0.2, 0) is 9.53 Å². The Kier molecular flexibility index (Phi) is 4.00. The number of ether oxygens (including phenoxy) is 1. The molecule has 4 nitrogen and oxygen atoms in total. The van der Waals surface area contributed by atoms with Gasteiger partial charge in [-0.3, -0.25) is 4.79 Å². The molecule has 2 N–H and O–H groups in total. The van der Waals surface area contributed by atoms with E-state index in [-0.39, 0.29) is 34.4 Å². The molecule has 1 aromatic rings. The Balaban J connectivity index is 2.12. The summed E-state index contributed by atoms with van der Waals surface area (Å²) in [6, 6.07) is 2.87. The first kappa shape index (κ1) is 13.5. The highest BCUT2D eigenvalue weighted by Gasteiger charge is 2.28. The lowest BCUT2D eigenvalue weighted by atomic mass is 10.1. The van der Waals surface area contributed by atoms with Gasteiger partial charge >= 0.3 is 0 Å². The highest BCUT2D eigenvalue weighted by molar-refractivity contribution is 6.36. The number of phenolic OH excluding ortho intramolecular Hbond substituents is 1. The van der Waals surface area contributed by atoms with E-state index in [1.54, 1.807) is 0 Å². The van der Waals surface area contributed by atoms with Crippen LogP contribution in [0.3, 0.4) is 0 Å². The molecule has 0 bridgehead atoms. The fourth-order valence-corrected chi connectivity index (χ4v) is 2.39. The maximum atomic E-state index is 11.9. The number of carbonyl (C=O) groups is 1. The van der Waals surface area contributed by atoms with E-state index in [0.717, 1.165) is 0 Å². The van der Waals surface area contributed by atoms with Gasteiger partial charge in [-0.25, -0.2) is 0 Å². The number of aromatic hydroxyl groups is 1. The van der Waals surface area contributed by atoms with Gasteiger partial charge in [0.05, 0.1) is 29.3 Å². The summed E-state index contributed by atoms with van der Waals surface area (Å²) in [6.07, 6.45) is 0.748. The molecule has 1 aliphatic heterocycles. The predicted octanol–water partition coefficient (Wildman–Crippen LogP) is 3.06. The number of hydrogen-bond acceptors (Lipinski definition) is 3. The maximum absolute atomic E-state index is 11.9. The zero-order valence-electron chi connectivity index (χ0n) is 9.74. The minimum Gasteiger partial charge on any atom is -0.504 e. The molecule has 1 heterocycles. The normalized spacial score (nSPS) is 23.1. The van der Waals surface area contributed by atoms with Gasteiger partial charge in [-0.1, -0.05) is 23.2 Å². The summed E-state index contributed by atoms with van der Waals surface area (Å²) < 4.78 is 5.33. The van der Waals surface area contributed by atoms with Crippen LogP contribution in [0.15, 0.2) is 12.1 Å². The molecule has 6 heteroatoms. The van der Waals surface area contributed by atoms with Gasteiger partial charge < -0.3 is 15.2 Å². The molecule has 1 aromatic carbocycles. The fourth-order valence-electron chi connectivity index (χ4n) is 1.90. The molecular weight excluding hydrogens is 277 g/mol. The van der Waals surface area contributed by atoms with Crippen LogP contribution in [0.25, 0.3) is 0 Å². The maximum Gasteiger partial charge on any atom is 0.230 e. The van der Waals surface area contributed by atoms with Gasteiger partial charge in [-0.05, 0) is 25.5 Å². The second-order valence-electron chi connectivity index (χ2n) is 4.35. The number of nitrogens with one attached hydrogen (secondary N) is 1. The average Bonchev–Trinajstić information content (AvgIpc) is 2.72. The van der Waals surface area contributed by atoms with Gasteiger partial charge in [-0.2, -0.15) is 0 Å². The van der Waals surface area contributed by atoms with Crippen molar-refractivity contribution in [3.63, 3.8) is 0 Å². The molecule has 98 valence electrons. The van der Waals surface area contributed by atoms with Crippen LogP contribution in [0.1, 0.15) is 13.3 Å². The number of amides is 1. The fraction of sp³-hybridized carbons (Fsp3) is 0.417. The Morgan fingerprint density at radius 1 is 1.50 bits per heavy atom. The lowest BCUT2D eigenvalue weighted by Crippen LogP contribution is -2.23. The first-order chi connectivity index (χ1) is 8.47. The molecule has 1 fully saturated rings. The van der Waals surface area contributed by atoms with E-state index < -0.39 is 0 Å². The minimum atomic E-state index is -0.211. The molecular formula is C12H13Cl2NO3. The molecule has 0 aliphatic carbocycles. The van der Waals surface area contributed by atoms with Crippen LogP contribution in [0.4, 0.5) is 5.69 Å². The molecule has 1 amide bonds. The van der Waals surface area contributed by atoms with E-state index in [2.05, 4.69) is 5.32 Å². The van der Waals surface area contributed by atoms with E-state index in [9.17, 15) is 9.90 Å². The van der Waals surface area contributed by atoms with Crippen molar-refractivity contribution in [3.05, 3.63) is 22.2 Å². The van der Waals surface area contributed by atoms with Crippen molar-refractivity contribution >= 4 is 34.8 Å². The standard InChI is InChI=1S/C12H13Cl2NO3/c1-6-2-7(5-18-6)12(17)15-10-4-8(13)3-9(14)11(10)16/h3-4,6-7,16H,2,5H2,1H3,(H,15,17). The minimum absolute atomic E-state index is 0.0808. The molecule has 1 aliphatic rings. The van der Waals surface area contributed by atoms with E-state index in [4.69, 9.17) is 27.9 Å².